The molecule has 1 aromatic carbocycles. The summed E-state index contributed by atoms with van der Waals surface area (Å²) in [6, 6.07) is 1.42. The van der Waals surface area contributed by atoms with E-state index in [1.165, 1.54) is 11.6 Å². The normalized spacial score (nSPS) is 11.5. The Kier molecular flexibility index (Phi) is 9.62. The van der Waals surface area contributed by atoms with Crippen molar-refractivity contribution in [3.05, 3.63) is 46.1 Å². The van der Waals surface area contributed by atoms with Gasteiger partial charge in [0.25, 0.3) is 0 Å². The molecule has 0 heterocycles. The van der Waals surface area contributed by atoms with Crippen LogP contribution in [-0.4, -0.2) is 28.0 Å². The maximum absolute atomic E-state index is 12.2. The van der Waals surface area contributed by atoms with Gasteiger partial charge in [-0.05, 0) is 70.9 Å². The zero-order chi connectivity index (χ0) is 20.4. The second-order valence-corrected chi connectivity index (χ2v) is 7.14. The number of carbonyl (C=O) groups is 1. The number of rotatable bonds is 11. The number of aromatic carboxylic acids is 1. The zero-order valence-electron chi connectivity index (χ0n) is 16.5. The predicted octanol–water partition coefficient (Wildman–Crippen LogP) is 5.71. The van der Waals surface area contributed by atoms with Crippen LogP contribution in [0.5, 0.6) is 11.5 Å². The minimum absolute atomic E-state index is 0.105. The third-order valence-corrected chi connectivity index (χ3v) is 4.50. The van der Waals surface area contributed by atoms with Crippen molar-refractivity contribution in [2.75, 3.05) is 6.67 Å². The highest BCUT2D eigenvalue weighted by Crippen LogP contribution is 2.35. The predicted molar refractivity (Wildman–Crippen MR) is 106 cm³/mol. The first kappa shape index (κ1) is 22.7. The lowest BCUT2D eigenvalue weighted by Crippen LogP contribution is -2.06. The summed E-state index contributed by atoms with van der Waals surface area (Å²) in [5.74, 6) is -1.71. The number of carboxylic acid groups (broad SMARTS) is 1. The van der Waals surface area contributed by atoms with Crippen molar-refractivity contribution in [3.8, 4) is 11.5 Å². The van der Waals surface area contributed by atoms with Crippen LogP contribution in [0, 0.1) is 0 Å². The van der Waals surface area contributed by atoms with Crippen molar-refractivity contribution < 1.29 is 24.5 Å². The molecule has 0 aliphatic rings. The lowest BCUT2D eigenvalue weighted by atomic mass is 9.94. The highest BCUT2D eigenvalue weighted by atomic mass is 19.1. The van der Waals surface area contributed by atoms with E-state index in [1.807, 2.05) is 26.8 Å². The molecular weight excluding hydrogens is 347 g/mol. The van der Waals surface area contributed by atoms with Crippen molar-refractivity contribution in [2.45, 2.75) is 65.7 Å². The standard InChI is InChI=1S/C22H31FO4/c1-15(2)8-7-9-16(3)11-12-18-19(24)14-17(10-5-4-6-13-23)20(21(18)25)22(26)27/h8,11,14,24-25H,4-7,9-10,12-13H2,1-3H3,(H,26,27). The minimum Gasteiger partial charge on any atom is -0.508 e. The molecule has 5 heteroatoms. The van der Waals surface area contributed by atoms with Gasteiger partial charge in [-0.25, -0.2) is 4.79 Å². The van der Waals surface area contributed by atoms with Crippen LogP contribution < -0.4 is 0 Å². The number of alkyl halides is 1. The largest absolute Gasteiger partial charge is 0.508 e. The van der Waals surface area contributed by atoms with E-state index in [2.05, 4.69) is 6.08 Å². The summed E-state index contributed by atoms with van der Waals surface area (Å²) < 4.78 is 12.2. The molecule has 27 heavy (non-hydrogen) atoms. The third kappa shape index (κ3) is 7.45. The molecule has 0 saturated carbocycles. The van der Waals surface area contributed by atoms with E-state index < -0.39 is 12.6 Å². The lowest BCUT2D eigenvalue weighted by Gasteiger charge is -2.14. The van der Waals surface area contributed by atoms with E-state index in [-0.39, 0.29) is 29.0 Å². The SMILES string of the molecule is CC(C)=CCCC(C)=CCc1c(O)cc(CCCCCF)c(C(=O)O)c1O. The molecule has 0 unspecified atom stereocenters. The van der Waals surface area contributed by atoms with Crippen molar-refractivity contribution >= 4 is 5.97 Å². The van der Waals surface area contributed by atoms with Gasteiger partial charge in [-0.2, -0.15) is 0 Å². The Morgan fingerprint density at radius 1 is 1.11 bits per heavy atom. The van der Waals surface area contributed by atoms with Crippen LogP contribution in [0.3, 0.4) is 0 Å². The number of hydrogen-bond acceptors (Lipinski definition) is 3. The maximum atomic E-state index is 12.2. The van der Waals surface area contributed by atoms with Crippen molar-refractivity contribution in [1.29, 1.82) is 0 Å². The van der Waals surface area contributed by atoms with E-state index in [9.17, 15) is 24.5 Å². The molecule has 0 radical (unpaired) electrons. The van der Waals surface area contributed by atoms with Crippen LogP contribution in [0.2, 0.25) is 0 Å². The molecule has 0 bridgehead atoms. The molecule has 1 aromatic rings. The van der Waals surface area contributed by atoms with E-state index in [1.54, 1.807) is 0 Å². The molecule has 1 rings (SSSR count). The van der Waals surface area contributed by atoms with Crippen LogP contribution in [0.4, 0.5) is 4.39 Å². The lowest BCUT2D eigenvalue weighted by molar-refractivity contribution is 0.0692. The molecule has 0 aliphatic carbocycles. The maximum Gasteiger partial charge on any atom is 0.339 e. The van der Waals surface area contributed by atoms with Gasteiger partial charge in [0.1, 0.15) is 17.1 Å². The monoisotopic (exact) mass is 378 g/mol. The number of phenolic OH excluding ortho intramolecular Hbond substituents is 1. The number of halogens is 1. The Morgan fingerprint density at radius 3 is 2.41 bits per heavy atom. The Morgan fingerprint density at radius 2 is 1.81 bits per heavy atom. The first-order chi connectivity index (χ1) is 12.8. The van der Waals surface area contributed by atoms with Crippen LogP contribution in [0.15, 0.2) is 29.4 Å². The summed E-state index contributed by atoms with van der Waals surface area (Å²) in [6.07, 6.45) is 8.13. The number of aryl methyl sites for hydroxylation is 1. The average molecular weight is 378 g/mol. The molecule has 4 nitrogen and oxygen atoms in total. The molecule has 0 spiro atoms. The number of hydrogen-bond donors (Lipinski definition) is 3. The van der Waals surface area contributed by atoms with Gasteiger partial charge in [-0.15, -0.1) is 0 Å². The van der Waals surface area contributed by atoms with Gasteiger partial charge in [0.05, 0.1) is 6.67 Å². The number of unbranched alkanes of at least 4 members (excludes halogenated alkanes) is 2. The summed E-state index contributed by atoms with van der Waals surface area (Å²) in [4.78, 5) is 11.6. The highest BCUT2D eigenvalue weighted by molar-refractivity contribution is 5.93. The average Bonchev–Trinajstić information content (AvgIpc) is 2.57. The molecule has 150 valence electrons. The van der Waals surface area contributed by atoms with Crippen molar-refractivity contribution in [3.63, 3.8) is 0 Å². The van der Waals surface area contributed by atoms with Gasteiger partial charge >= 0.3 is 5.97 Å². The van der Waals surface area contributed by atoms with Gasteiger partial charge in [-0.3, -0.25) is 4.39 Å². The molecule has 0 aliphatic heterocycles. The van der Waals surface area contributed by atoms with E-state index >= 15 is 0 Å². The van der Waals surface area contributed by atoms with Crippen molar-refractivity contribution in [2.24, 2.45) is 0 Å². The molecule has 0 amide bonds. The highest BCUT2D eigenvalue weighted by Gasteiger charge is 2.21. The molecule has 0 aromatic heterocycles. The quantitative estimate of drug-likeness (QED) is 0.340. The van der Waals surface area contributed by atoms with Crippen LogP contribution in [0.25, 0.3) is 0 Å². The Labute approximate surface area is 161 Å². The second-order valence-electron chi connectivity index (χ2n) is 7.14. The smallest absolute Gasteiger partial charge is 0.339 e. The van der Waals surface area contributed by atoms with E-state index in [0.717, 1.165) is 18.4 Å². The summed E-state index contributed by atoms with van der Waals surface area (Å²) in [7, 11) is 0. The Hall–Kier alpha value is -2.30. The fourth-order valence-electron chi connectivity index (χ4n) is 2.94. The third-order valence-electron chi connectivity index (χ3n) is 4.50. The van der Waals surface area contributed by atoms with Crippen molar-refractivity contribution in [1.82, 2.24) is 0 Å². The number of benzene rings is 1. The fraction of sp³-hybridized carbons (Fsp3) is 0.500. The van der Waals surface area contributed by atoms with Gasteiger partial charge in [-0.1, -0.05) is 29.7 Å². The molecule has 0 atom stereocenters. The fourth-order valence-corrected chi connectivity index (χ4v) is 2.94. The molecule has 3 N–H and O–H groups in total. The summed E-state index contributed by atoms with van der Waals surface area (Å²) in [6.45, 7) is 5.66. The van der Waals surface area contributed by atoms with E-state index in [0.29, 0.717) is 31.2 Å². The Balaban J connectivity index is 2.99. The van der Waals surface area contributed by atoms with Crippen LogP contribution in [0.1, 0.15) is 74.4 Å². The van der Waals surface area contributed by atoms with E-state index in [4.69, 9.17) is 0 Å². The summed E-state index contributed by atoms with van der Waals surface area (Å²) >= 11 is 0. The first-order valence-corrected chi connectivity index (χ1v) is 9.42. The number of aromatic hydroxyl groups is 2. The summed E-state index contributed by atoms with van der Waals surface area (Å²) in [5, 5.41) is 30.2. The van der Waals surface area contributed by atoms with Crippen LogP contribution in [-0.2, 0) is 12.8 Å². The van der Waals surface area contributed by atoms with Gasteiger partial charge in [0.15, 0.2) is 0 Å². The van der Waals surface area contributed by atoms with Gasteiger partial charge in [0.2, 0.25) is 0 Å². The molecular formula is C22H31FO4. The first-order valence-electron chi connectivity index (χ1n) is 9.42. The topological polar surface area (TPSA) is 77.8 Å². The van der Waals surface area contributed by atoms with Gasteiger partial charge in [0, 0.05) is 5.56 Å². The van der Waals surface area contributed by atoms with Crippen LogP contribution >= 0.6 is 0 Å². The molecule has 0 fully saturated rings. The number of allylic oxidation sites excluding steroid dienone is 4. The second kappa shape index (κ2) is 11.4. The summed E-state index contributed by atoms with van der Waals surface area (Å²) in [5.41, 5.74) is 2.80. The van der Waals surface area contributed by atoms with Gasteiger partial charge < -0.3 is 15.3 Å². The number of carboxylic acids is 1. The molecule has 0 saturated heterocycles. The zero-order valence-corrected chi connectivity index (χ0v) is 16.5. The Bertz CT molecular complexity index is 701. The minimum atomic E-state index is -1.22. The number of phenols is 2.